The Labute approximate surface area is 112 Å². The van der Waals surface area contributed by atoms with Gasteiger partial charge in [-0.25, -0.2) is 0 Å². The Morgan fingerprint density at radius 3 is 2.44 bits per heavy atom. The first-order chi connectivity index (χ1) is 7.33. The van der Waals surface area contributed by atoms with Gasteiger partial charge in [0.05, 0.1) is 0 Å². The van der Waals surface area contributed by atoms with Crippen LogP contribution < -0.4 is 5.32 Å². The van der Waals surface area contributed by atoms with Crippen LogP contribution in [0.25, 0.3) is 0 Å². The molecule has 0 spiro atoms. The summed E-state index contributed by atoms with van der Waals surface area (Å²) in [6.45, 7) is 8.92. The van der Waals surface area contributed by atoms with E-state index >= 15 is 0 Å². The third-order valence-corrected chi connectivity index (χ3v) is 3.98. The summed E-state index contributed by atoms with van der Waals surface area (Å²) in [6, 6.07) is 6.89. The highest BCUT2D eigenvalue weighted by atomic mass is 79.9. The van der Waals surface area contributed by atoms with Gasteiger partial charge in [0, 0.05) is 20.2 Å². The fraction of sp³-hybridized carbons (Fsp3) is 0.538. The summed E-state index contributed by atoms with van der Waals surface area (Å²) >= 11 is 5.46. The zero-order valence-electron chi connectivity index (χ0n) is 10.6. The molecule has 1 rings (SSSR count). The predicted molar refractivity (Wildman–Crippen MR) is 77.2 cm³/mol. The molecule has 0 aliphatic rings. The maximum Gasteiger partial charge on any atom is 0.0300 e. The van der Waals surface area contributed by atoms with Crippen molar-refractivity contribution in [3.63, 3.8) is 0 Å². The topological polar surface area (TPSA) is 12.0 Å². The zero-order chi connectivity index (χ0) is 12.3. The number of nitrogens with one attached hydrogen (secondary N) is 1. The molecule has 1 N–H and O–H groups in total. The Hall–Kier alpha value is 0.01000. The van der Waals surface area contributed by atoms with Crippen LogP contribution in [0.2, 0.25) is 0 Å². The molecule has 0 fully saturated rings. The third-order valence-electron chi connectivity index (χ3n) is 2.29. The average molecular weight is 302 g/mol. The van der Waals surface area contributed by atoms with E-state index in [4.69, 9.17) is 0 Å². The Morgan fingerprint density at radius 1 is 1.31 bits per heavy atom. The molecule has 0 radical (unpaired) electrons. The molecule has 1 unspecified atom stereocenters. The van der Waals surface area contributed by atoms with Gasteiger partial charge in [0.1, 0.15) is 0 Å². The number of benzene rings is 1. The summed E-state index contributed by atoms with van der Waals surface area (Å²) < 4.78 is 1.39. The second kappa shape index (κ2) is 5.56. The van der Waals surface area contributed by atoms with Gasteiger partial charge < -0.3 is 5.32 Å². The molecule has 0 aromatic heterocycles. The molecule has 0 saturated heterocycles. The van der Waals surface area contributed by atoms with Gasteiger partial charge in [0.25, 0.3) is 0 Å². The first-order valence-electron chi connectivity index (χ1n) is 5.49. The molecule has 1 atom stereocenters. The number of hydrogen-bond acceptors (Lipinski definition) is 2. The molecule has 0 aliphatic heterocycles. The molecule has 1 nitrogen and oxygen atoms in total. The van der Waals surface area contributed by atoms with Crippen LogP contribution in [0.15, 0.2) is 27.6 Å². The quantitative estimate of drug-likeness (QED) is 0.818. The fourth-order valence-electron chi connectivity index (χ4n) is 1.44. The van der Waals surface area contributed by atoms with E-state index in [1.807, 2.05) is 18.8 Å². The summed E-state index contributed by atoms with van der Waals surface area (Å²) in [5.41, 5.74) is 1.36. The number of hydrogen-bond donors (Lipinski definition) is 1. The van der Waals surface area contributed by atoms with Crippen LogP contribution in [0.4, 0.5) is 0 Å². The molecule has 0 bridgehead atoms. The lowest BCUT2D eigenvalue weighted by Gasteiger charge is -2.22. The van der Waals surface area contributed by atoms with Crippen molar-refractivity contribution in [3.05, 3.63) is 28.2 Å². The van der Waals surface area contributed by atoms with Crippen LogP contribution in [0, 0.1) is 0 Å². The van der Waals surface area contributed by atoms with Crippen molar-refractivity contribution in [3.8, 4) is 0 Å². The van der Waals surface area contributed by atoms with E-state index in [-0.39, 0.29) is 4.75 Å². The maximum atomic E-state index is 3.54. The van der Waals surface area contributed by atoms with Crippen molar-refractivity contribution in [2.75, 3.05) is 7.05 Å². The maximum absolute atomic E-state index is 3.54. The summed E-state index contributed by atoms with van der Waals surface area (Å²) in [5.74, 6) is 0. The Kier molecular flexibility index (Phi) is 4.89. The SMILES string of the molecule is CNC(C)c1cc(Br)ccc1SC(C)(C)C. The van der Waals surface area contributed by atoms with Gasteiger partial charge >= 0.3 is 0 Å². The first-order valence-corrected chi connectivity index (χ1v) is 7.10. The van der Waals surface area contributed by atoms with Crippen molar-refractivity contribution in [1.82, 2.24) is 5.32 Å². The van der Waals surface area contributed by atoms with E-state index < -0.39 is 0 Å². The molecule has 1 aromatic rings. The summed E-state index contributed by atoms with van der Waals surface area (Å²) in [7, 11) is 2.00. The number of halogens is 1. The van der Waals surface area contributed by atoms with E-state index in [2.05, 4.69) is 67.1 Å². The highest BCUT2D eigenvalue weighted by Crippen LogP contribution is 2.37. The lowest BCUT2D eigenvalue weighted by atomic mass is 10.1. The minimum Gasteiger partial charge on any atom is -0.313 e. The van der Waals surface area contributed by atoms with Crippen molar-refractivity contribution in [1.29, 1.82) is 0 Å². The van der Waals surface area contributed by atoms with Gasteiger partial charge in [-0.1, -0.05) is 36.7 Å². The minimum atomic E-state index is 0.246. The first kappa shape index (κ1) is 14.1. The minimum absolute atomic E-state index is 0.246. The molecular formula is C13H20BrNS. The predicted octanol–water partition coefficient (Wildman–Crippen LogP) is 4.62. The molecule has 0 heterocycles. The van der Waals surface area contributed by atoms with Crippen LogP contribution >= 0.6 is 27.7 Å². The molecular weight excluding hydrogens is 282 g/mol. The van der Waals surface area contributed by atoms with Crippen molar-refractivity contribution in [2.24, 2.45) is 0 Å². The highest BCUT2D eigenvalue weighted by molar-refractivity contribution is 9.10. The summed E-state index contributed by atoms with van der Waals surface area (Å²) in [6.07, 6.45) is 0. The van der Waals surface area contributed by atoms with Crippen LogP contribution in [0.5, 0.6) is 0 Å². The van der Waals surface area contributed by atoms with E-state index in [0.717, 1.165) is 4.47 Å². The molecule has 0 amide bonds. The molecule has 90 valence electrons. The van der Waals surface area contributed by atoms with Crippen LogP contribution in [-0.4, -0.2) is 11.8 Å². The summed E-state index contributed by atoms with van der Waals surface area (Å²) in [4.78, 5) is 1.36. The monoisotopic (exact) mass is 301 g/mol. The standard InChI is InChI=1S/C13H20BrNS/c1-9(15-5)11-8-10(14)6-7-12(11)16-13(2,3)4/h6-9,15H,1-5H3. The third kappa shape index (κ3) is 4.11. The van der Waals surface area contributed by atoms with Crippen molar-refractivity contribution in [2.45, 2.75) is 43.4 Å². The van der Waals surface area contributed by atoms with Gasteiger partial charge in [-0.3, -0.25) is 0 Å². The Morgan fingerprint density at radius 2 is 1.94 bits per heavy atom. The van der Waals surface area contributed by atoms with Crippen LogP contribution in [-0.2, 0) is 0 Å². The second-order valence-corrected chi connectivity index (χ2v) is 7.69. The highest BCUT2D eigenvalue weighted by Gasteiger charge is 2.17. The molecule has 3 heteroatoms. The smallest absolute Gasteiger partial charge is 0.0300 e. The lowest BCUT2D eigenvalue weighted by molar-refractivity contribution is 0.640. The Bertz CT molecular complexity index is 357. The van der Waals surface area contributed by atoms with Crippen LogP contribution in [0.1, 0.15) is 39.3 Å². The van der Waals surface area contributed by atoms with E-state index in [0.29, 0.717) is 6.04 Å². The van der Waals surface area contributed by atoms with Gasteiger partial charge in [-0.15, -0.1) is 11.8 Å². The largest absolute Gasteiger partial charge is 0.313 e. The van der Waals surface area contributed by atoms with Gasteiger partial charge in [-0.2, -0.15) is 0 Å². The zero-order valence-corrected chi connectivity index (χ0v) is 13.0. The lowest BCUT2D eigenvalue weighted by Crippen LogP contribution is -2.15. The van der Waals surface area contributed by atoms with Gasteiger partial charge in [-0.05, 0) is 37.7 Å². The van der Waals surface area contributed by atoms with Crippen molar-refractivity contribution >= 4 is 27.7 Å². The number of rotatable bonds is 3. The van der Waals surface area contributed by atoms with Crippen LogP contribution in [0.3, 0.4) is 0 Å². The average Bonchev–Trinajstić information content (AvgIpc) is 2.17. The second-order valence-electron chi connectivity index (χ2n) is 4.91. The Balaban J connectivity index is 3.07. The van der Waals surface area contributed by atoms with Gasteiger partial charge in [0.15, 0.2) is 0 Å². The molecule has 16 heavy (non-hydrogen) atoms. The number of thioether (sulfide) groups is 1. The van der Waals surface area contributed by atoms with E-state index in [1.54, 1.807) is 0 Å². The summed E-state index contributed by atoms with van der Waals surface area (Å²) in [5, 5.41) is 3.30. The van der Waals surface area contributed by atoms with Crippen molar-refractivity contribution < 1.29 is 0 Å². The van der Waals surface area contributed by atoms with E-state index in [9.17, 15) is 0 Å². The normalized spacial score (nSPS) is 13.9. The fourth-order valence-corrected chi connectivity index (χ4v) is 2.96. The van der Waals surface area contributed by atoms with Gasteiger partial charge in [0.2, 0.25) is 0 Å². The van der Waals surface area contributed by atoms with E-state index in [1.165, 1.54) is 10.5 Å². The molecule has 0 saturated carbocycles. The molecule has 0 aliphatic carbocycles. The molecule has 1 aromatic carbocycles.